The fourth-order valence-corrected chi connectivity index (χ4v) is 9.14. The highest BCUT2D eigenvalue weighted by atomic mass is 19.4. The van der Waals surface area contributed by atoms with E-state index >= 15 is 4.39 Å². The molecular formula is C35H49F10NO3. The third-order valence-electron chi connectivity index (χ3n) is 12.2. The lowest BCUT2D eigenvalue weighted by Crippen LogP contribution is -2.60. The number of unbranched alkanes of at least 4 members (excludes halogenated alkanes) is 5. The summed E-state index contributed by atoms with van der Waals surface area (Å²) in [6, 6.07) is 5.16. The summed E-state index contributed by atoms with van der Waals surface area (Å²) in [4.78, 5) is 0. The number of hydrogen-bond acceptors (Lipinski definition) is 3. The molecule has 0 bridgehead atoms. The molecule has 0 saturated heterocycles. The summed E-state index contributed by atoms with van der Waals surface area (Å²) in [5, 5.41) is 34.4. The molecule has 3 aliphatic carbocycles. The van der Waals surface area contributed by atoms with Gasteiger partial charge in [-0.05, 0) is 112 Å². The van der Waals surface area contributed by atoms with Gasteiger partial charge in [0, 0.05) is 17.8 Å². The van der Waals surface area contributed by atoms with Gasteiger partial charge in [0.05, 0.1) is 25.7 Å². The van der Waals surface area contributed by atoms with Crippen LogP contribution in [0.5, 0.6) is 5.75 Å². The first-order valence-electron chi connectivity index (χ1n) is 17.3. The minimum absolute atomic E-state index is 0.0348. The van der Waals surface area contributed by atoms with Crippen molar-refractivity contribution in [3.8, 4) is 5.75 Å². The van der Waals surface area contributed by atoms with Gasteiger partial charge in [0.25, 0.3) is 0 Å². The van der Waals surface area contributed by atoms with Crippen LogP contribution < -0.4 is 0 Å². The molecule has 4 nitrogen and oxygen atoms in total. The summed E-state index contributed by atoms with van der Waals surface area (Å²) >= 11 is 0. The molecule has 0 unspecified atom stereocenters. The summed E-state index contributed by atoms with van der Waals surface area (Å²) in [6.45, 7) is 4.16. The normalized spacial score (nSPS) is 31.9. The second kappa shape index (κ2) is 14.0. The molecular weight excluding hydrogens is 672 g/mol. The van der Waals surface area contributed by atoms with Crippen LogP contribution in [0.25, 0.3) is 0 Å². The van der Waals surface area contributed by atoms with Crippen molar-refractivity contribution < 1.29 is 58.8 Å². The van der Waals surface area contributed by atoms with Gasteiger partial charge in [0.2, 0.25) is 0 Å². The van der Waals surface area contributed by atoms with Gasteiger partial charge in [-0.1, -0.05) is 25.8 Å². The number of rotatable bonds is 15. The average molecular weight is 722 g/mol. The number of nitrogens with zero attached hydrogens (tertiary/aromatic N) is 1. The lowest BCUT2D eigenvalue weighted by atomic mass is 9.50. The zero-order valence-electron chi connectivity index (χ0n) is 28.3. The number of halogens is 10. The summed E-state index contributed by atoms with van der Waals surface area (Å²) in [6.07, 6.45) is -5.04. The highest BCUT2D eigenvalue weighted by molar-refractivity contribution is 5.41. The van der Waals surface area contributed by atoms with Gasteiger partial charge in [-0.2, -0.15) is 39.5 Å². The van der Waals surface area contributed by atoms with E-state index in [1.807, 2.05) is 19.9 Å². The summed E-state index contributed by atoms with van der Waals surface area (Å²) < 4.78 is 133. The number of quaternary nitrogens is 1. The number of alkyl halides is 10. The molecule has 3 aliphatic rings. The first-order chi connectivity index (χ1) is 22.4. The Bertz CT molecular complexity index is 1290. The van der Waals surface area contributed by atoms with Crippen LogP contribution in [0.2, 0.25) is 0 Å². The lowest BCUT2D eigenvalue weighted by molar-refractivity contribution is -0.861. The van der Waals surface area contributed by atoms with Gasteiger partial charge in [0.15, 0.2) is 0 Å². The number of aliphatic hydroxyl groups is 1. The number of phenolic OH excluding ortho intramolecular Hbond substituents is 1. The summed E-state index contributed by atoms with van der Waals surface area (Å²) in [5.74, 6) is -18.9. The van der Waals surface area contributed by atoms with Crippen molar-refractivity contribution in [3.05, 3.63) is 34.5 Å². The van der Waals surface area contributed by atoms with Gasteiger partial charge in [0.1, 0.15) is 11.9 Å². The van der Waals surface area contributed by atoms with Crippen molar-refractivity contribution in [1.82, 2.24) is 0 Å². The van der Waals surface area contributed by atoms with E-state index in [4.69, 9.17) is 0 Å². The van der Waals surface area contributed by atoms with E-state index in [0.717, 1.165) is 36.8 Å². The van der Waals surface area contributed by atoms with Gasteiger partial charge in [-0.15, -0.1) is 0 Å². The topological polar surface area (TPSA) is 63.5 Å². The van der Waals surface area contributed by atoms with E-state index < -0.39 is 58.6 Å². The Balaban J connectivity index is 1.23. The zero-order valence-corrected chi connectivity index (χ0v) is 28.3. The number of phenols is 1. The monoisotopic (exact) mass is 721 g/mol. The van der Waals surface area contributed by atoms with Crippen molar-refractivity contribution in [1.29, 1.82) is 0 Å². The van der Waals surface area contributed by atoms with E-state index in [1.165, 1.54) is 7.05 Å². The predicted octanol–water partition coefficient (Wildman–Crippen LogP) is 10.1. The molecule has 0 aromatic heterocycles. The highest BCUT2D eigenvalue weighted by Crippen LogP contribution is 2.66. The Labute approximate surface area is 281 Å². The fourth-order valence-electron chi connectivity index (χ4n) is 9.14. The third-order valence-corrected chi connectivity index (χ3v) is 12.2. The van der Waals surface area contributed by atoms with E-state index in [-0.39, 0.29) is 68.2 Å². The lowest BCUT2D eigenvalue weighted by Gasteiger charge is -2.56. The van der Waals surface area contributed by atoms with E-state index in [0.29, 0.717) is 19.3 Å². The zero-order chi connectivity index (χ0) is 36.8. The minimum Gasteiger partial charge on any atom is -0.633 e. The van der Waals surface area contributed by atoms with Crippen molar-refractivity contribution in [2.75, 3.05) is 20.1 Å². The van der Waals surface area contributed by atoms with E-state index in [2.05, 4.69) is 0 Å². The Morgan fingerprint density at radius 3 is 2.08 bits per heavy atom. The maximum absolute atomic E-state index is 16.1. The molecule has 0 heterocycles. The van der Waals surface area contributed by atoms with Crippen molar-refractivity contribution in [2.24, 2.45) is 23.2 Å². The van der Waals surface area contributed by atoms with Crippen LogP contribution in [0, 0.1) is 28.4 Å². The van der Waals surface area contributed by atoms with Crippen LogP contribution >= 0.6 is 0 Å². The second-order valence-corrected chi connectivity index (χ2v) is 15.6. The van der Waals surface area contributed by atoms with Crippen molar-refractivity contribution in [3.63, 3.8) is 0 Å². The Morgan fingerprint density at radius 1 is 0.878 bits per heavy atom. The molecule has 8 atom stereocenters. The highest BCUT2D eigenvalue weighted by Gasteiger charge is 2.81. The summed E-state index contributed by atoms with van der Waals surface area (Å²) in [7, 11) is 1.44. The van der Waals surface area contributed by atoms with Crippen LogP contribution in [0.1, 0.15) is 108 Å². The molecule has 0 spiro atoms. The molecule has 49 heavy (non-hydrogen) atoms. The molecule has 1 aromatic carbocycles. The predicted molar refractivity (Wildman–Crippen MR) is 164 cm³/mol. The maximum atomic E-state index is 16.1. The Kier molecular flexibility index (Phi) is 11.4. The number of hydroxylamine groups is 3. The smallest absolute Gasteiger partial charge is 0.460 e. The van der Waals surface area contributed by atoms with Gasteiger partial charge in [-0.25, -0.2) is 4.39 Å². The molecule has 2 fully saturated rings. The molecule has 2 saturated carbocycles. The number of aromatic hydroxyl groups is 1. The Hall–Kier alpha value is -1.80. The van der Waals surface area contributed by atoms with Gasteiger partial charge in [-0.3, -0.25) is 0 Å². The van der Waals surface area contributed by atoms with Crippen molar-refractivity contribution >= 4 is 0 Å². The quantitative estimate of drug-likeness (QED) is 0.0821. The molecule has 0 amide bonds. The Morgan fingerprint density at radius 2 is 1.47 bits per heavy atom. The molecule has 4 rings (SSSR count). The van der Waals surface area contributed by atoms with Crippen molar-refractivity contribution in [2.45, 2.75) is 139 Å². The molecule has 0 aliphatic heterocycles. The van der Waals surface area contributed by atoms with Crippen LogP contribution in [-0.4, -0.2) is 70.7 Å². The molecule has 1 aromatic rings. The molecule has 0 radical (unpaired) electrons. The van der Waals surface area contributed by atoms with Crippen LogP contribution in [0.3, 0.4) is 0 Å². The fraction of sp³-hybridized carbons (Fsp3) is 0.829. The first kappa shape index (κ1) is 40.0. The van der Waals surface area contributed by atoms with E-state index in [9.17, 15) is 54.9 Å². The van der Waals surface area contributed by atoms with Crippen LogP contribution in [-0.2, 0) is 6.42 Å². The van der Waals surface area contributed by atoms with E-state index in [1.54, 1.807) is 12.1 Å². The summed E-state index contributed by atoms with van der Waals surface area (Å²) in [5.41, 5.74) is 0.379. The first-order valence-corrected chi connectivity index (χ1v) is 17.3. The van der Waals surface area contributed by atoms with Gasteiger partial charge < -0.3 is 20.1 Å². The standard InChI is InChI=1S/C35H49F10NO3/c1-30-21-27(36)29-25-13-12-24(47)20-23(25)19-22(28(29)26(30)14-16-31(30,2)48)11-7-6-10-18-46(3,49)17-9-5-4-8-15-32(37,38)33(39,40)34(41,42)35(43,44)45/h12-13,20,22,26-29,47-48H,4-11,14-19,21H2,1-3H3/t22-,26+,27+,28+,29+,30+,31+,46-/m1/s1. The molecule has 2 N–H and O–H groups in total. The molecule has 14 heteroatoms. The SMILES string of the molecule is C[C@]1(O)CC[C@H]2[C@@H]3[C@H](CCCCC[N@+](C)([O-])CCCCCCC(F)(F)C(F)(F)C(F)(F)C(F)(F)F)Cc4cc(O)ccc4[C@H]3[C@@H](F)C[C@@]21C. The third kappa shape index (κ3) is 7.71. The largest absolute Gasteiger partial charge is 0.633 e. The minimum atomic E-state index is -6.88. The second-order valence-electron chi connectivity index (χ2n) is 15.6. The number of fused-ring (bicyclic) bond motifs is 5. The number of hydrogen-bond donors (Lipinski definition) is 2. The maximum Gasteiger partial charge on any atom is 0.460 e. The van der Waals surface area contributed by atoms with Gasteiger partial charge >= 0.3 is 23.9 Å². The van der Waals surface area contributed by atoms with Crippen LogP contribution in [0.4, 0.5) is 43.9 Å². The average Bonchev–Trinajstić information content (AvgIpc) is 3.21. The number of benzene rings is 1. The van der Waals surface area contributed by atoms with Crippen LogP contribution in [0.15, 0.2) is 18.2 Å². The molecule has 282 valence electrons.